The van der Waals surface area contributed by atoms with Crippen LogP contribution < -0.4 is 5.32 Å². The monoisotopic (exact) mass is 339 g/mol. The first-order valence-electron chi connectivity index (χ1n) is 5.80. The molecule has 2 rings (SSSR count). The van der Waals surface area contributed by atoms with E-state index >= 15 is 0 Å². The average molecular weight is 340 g/mol. The van der Waals surface area contributed by atoms with Gasteiger partial charge in [0.15, 0.2) is 0 Å². The topological polar surface area (TPSA) is 38.3 Å². The van der Waals surface area contributed by atoms with E-state index in [1.165, 1.54) is 12.0 Å². The summed E-state index contributed by atoms with van der Waals surface area (Å²) in [5.74, 6) is -0.303. The Morgan fingerprint density at radius 1 is 1.32 bits per heavy atom. The van der Waals surface area contributed by atoms with Crippen molar-refractivity contribution in [2.75, 3.05) is 7.11 Å². The standard InChI is InChI=1S/C14H14BrNO2S/c1-18-14(17)11-4-2-10(3-5-11)7-16-8-13-6-12(15)9-19-13/h2-6,9,16H,7-8H2,1H3. The molecule has 1 aromatic carbocycles. The van der Waals surface area contributed by atoms with E-state index in [0.717, 1.165) is 23.1 Å². The number of methoxy groups -OCH3 is 1. The molecule has 19 heavy (non-hydrogen) atoms. The third-order valence-corrected chi connectivity index (χ3v) is 4.32. The summed E-state index contributed by atoms with van der Waals surface area (Å²) >= 11 is 5.16. The molecule has 0 atom stereocenters. The molecule has 0 aliphatic rings. The molecular weight excluding hydrogens is 326 g/mol. The normalized spacial score (nSPS) is 10.4. The van der Waals surface area contributed by atoms with Gasteiger partial charge in [0.1, 0.15) is 0 Å². The van der Waals surface area contributed by atoms with Gasteiger partial charge < -0.3 is 10.1 Å². The van der Waals surface area contributed by atoms with Crippen molar-refractivity contribution in [2.45, 2.75) is 13.1 Å². The van der Waals surface area contributed by atoms with Crippen LogP contribution in [0, 0.1) is 0 Å². The number of carbonyl (C=O) groups excluding carboxylic acids is 1. The highest BCUT2D eigenvalue weighted by atomic mass is 79.9. The van der Waals surface area contributed by atoms with Gasteiger partial charge in [0, 0.05) is 27.8 Å². The van der Waals surface area contributed by atoms with Crippen LogP contribution in [-0.4, -0.2) is 13.1 Å². The van der Waals surface area contributed by atoms with Gasteiger partial charge in [-0.3, -0.25) is 0 Å². The molecule has 2 aromatic rings. The van der Waals surface area contributed by atoms with Crippen molar-refractivity contribution in [3.8, 4) is 0 Å². The Balaban J connectivity index is 1.84. The van der Waals surface area contributed by atoms with Crippen LogP contribution in [0.2, 0.25) is 0 Å². The minimum absolute atomic E-state index is 0.303. The zero-order chi connectivity index (χ0) is 13.7. The van der Waals surface area contributed by atoms with Crippen molar-refractivity contribution in [1.29, 1.82) is 0 Å². The molecule has 0 radical (unpaired) electrons. The number of esters is 1. The molecule has 0 bridgehead atoms. The predicted molar refractivity (Wildman–Crippen MR) is 80.3 cm³/mol. The number of nitrogens with one attached hydrogen (secondary N) is 1. The second-order valence-corrected chi connectivity index (χ2v) is 5.93. The van der Waals surface area contributed by atoms with Gasteiger partial charge in [-0.1, -0.05) is 12.1 Å². The van der Waals surface area contributed by atoms with Crippen molar-refractivity contribution < 1.29 is 9.53 Å². The maximum atomic E-state index is 11.3. The van der Waals surface area contributed by atoms with E-state index < -0.39 is 0 Å². The number of hydrogen-bond donors (Lipinski definition) is 1. The summed E-state index contributed by atoms with van der Waals surface area (Å²) in [7, 11) is 1.39. The largest absolute Gasteiger partial charge is 0.465 e. The number of halogens is 1. The zero-order valence-corrected chi connectivity index (χ0v) is 12.9. The second-order valence-electron chi connectivity index (χ2n) is 4.02. The predicted octanol–water partition coefficient (Wildman–Crippen LogP) is 3.59. The molecule has 100 valence electrons. The summed E-state index contributed by atoms with van der Waals surface area (Å²) in [4.78, 5) is 12.6. The third-order valence-electron chi connectivity index (χ3n) is 2.63. The van der Waals surface area contributed by atoms with Crippen molar-refractivity contribution in [3.63, 3.8) is 0 Å². The van der Waals surface area contributed by atoms with Crippen LogP contribution in [0.1, 0.15) is 20.8 Å². The molecular formula is C14H14BrNO2S. The lowest BCUT2D eigenvalue weighted by Gasteiger charge is -2.04. The highest BCUT2D eigenvalue weighted by molar-refractivity contribution is 9.10. The Morgan fingerprint density at radius 2 is 2.05 bits per heavy atom. The Bertz CT molecular complexity index is 551. The Kier molecular flexibility index (Phi) is 5.13. The molecule has 1 heterocycles. The van der Waals surface area contributed by atoms with Crippen molar-refractivity contribution in [1.82, 2.24) is 5.32 Å². The van der Waals surface area contributed by atoms with Gasteiger partial charge in [-0.25, -0.2) is 4.79 Å². The van der Waals surface area contributed by atoms with Gasteiger partial charge in [-0.05, 0) is 39.7 Å². The molecule has 0 saturated heterocycles. The van der Waals surface area contributed by atoms with Crippen LogP contribution in [0.25, 0.3) is 0 Å². The Hall–Kier alpha value is -1.17. The maximum absolute atomic E-state index is 11.3. The SMILES string of the molecule is COC(=O)c1ccc(CNCc2cc(Br)cs2)cc1. The summed E-state index contributed by atoms with van der Waals surface area (Å²) in [6.07, 6.45) is 0. The minimum atomic E-state index is -0.303. The van der Waals surface area contributed by atoms with Crippen LogP contribution in [0.4, 0.5) is 0 Å². The van der Waals surface area contributed by atoms with E-state index in [9.17, 15) is 4.79 Å². The smallest absolute Gasteiger partial charge is 0.337 e. The van der Waals surface area contributed by atoms with Crippen LogP contribution in [0.15, 0.2) is 40.2 Å². The summed E-state index contributed by atoms with van der Waals surface area (Å²) in [6.45, 7) is 1.62. The number of thiophene rings is 1. The summed E-state index contributed by atoms with van der Waals surface area (Å²) in [5.41, 5.74) is 1.72. The van der Waals surface area contributed by atoms with E-state index in [1.807, 2.05) is 12.1 Å². The molecule has 1 aromatic heterocycles. The lowest BCUT2D eigenvalue weighted by molar-refractivity contribution is 0.0600. The molecule has 0 fully saturated rings. The molecule has 1 N–H and O–H groups in total. The van der Waals surface area contributed by atoms with Crippen LogP contribution in [0.5, 0.6) is 0 Å². The lowest BCUT2D eigenvalue weighted by Crippen LogP contribution is -2.12. The van der Waals surface area contributed by atoms with Gasteiger partial charge in [0.25, 0.3) is 0 Å². The highest BCUT2D eigenvalue weighted by Gasteiger charge is 2.04. The zero-order valence-electron chi connectivity index (χ0n) is 10.5. The lowest BCUT2D eigenvalue weighted by atomic mass is 10.1. The number of hydrogen-bond acceptors (Lipinski definition) is 4. The maximum Gasteiger partial charge on any atom is 0.337 e. The van der Waals surface area contributed by atoms with Crippen molar-refractivity contribution in [3.05, 3.63) is 56.2 Å². The second kappa shape index (κ2) is 6.84. The van der Waals surface area contributed by atoms with Crippen molar-refractivity contribution in [2.24, 2.45) is 0 Å². The van der Waals surface area contributed by atoms with Crippen LogP contribution >= 0.6 is 27.3 Å². The van der Waals surface area contributed by atoms with Crippen LogP contribution in [0.3, 0.4) is 0 Å². The van der Waals surface area contributed by atoms with Crippen LogP contribution in [-0.2, 0) is 17.8 Å². The number of benzene rings is 1. The fourth-order valence-corrected chi connectivity index (χ4v) is 3.07. The molecule has 5 heteroatoms. The average Bonchev–Trinajstić information content (AvgIpc) is 2.84. The molecule has 0 aliphatic heterocycles. The van der Waals surface area contributed by atoms with E-state index in [4.69, 9.17) is 0 Å². The number of carbonyl (C=O) groups is 1. The molecule has 0 spiro atoms. The third kappa shape index (κ3) is 4.16. The van der Waals surface area contributed by atoms with Gasteiger partial charge in [0.05, 0.1) is 12.7 Å². The van der Waals surface area contributed by atoms with Gasteiger partial charge >= 0.3 is 5.97 Å². The quantitative estimate of drug-likeness (QED) is 0.846. The van der Waals surface area contributed by atoms with Gasteiger partial charge in [-0.15, -0.1) is 11.3 Å². The fourth-order valence-electron chi connectivity index (χ4n) is 1.65. The van der Waals surface area contributed by atoms with Gasteiger partial charge in [0.2, 0.25) is 0 Å². The Morgan fingerprint density at radius 3 is 2.63 bits per heavy atom. The van der Waals surface area contributed by atoms with Gasteiger partial charge in [-0.2, -0.15) is 0 Å². The Labute approximate surface area is 124 Å². The molecule has 3 nitrogen and oxygen atoms in total. The fraction of sp³-hybridized carbons (Fsp3) is 0.214. The number of rotatable bonds is 5. The minimum Gasteiger partial charge on any atom is -0.465 e. The summed E-state index contributed by atoms with van der Waals surface area (Å²) in [5, 5.41) is 5.44. The van der Waals surface area contributed by atoms with E-state index in [0.29, 0.717) is 5.56 Å². The first kappa shape index (κ1) is 14.2. The highest BCUT2D eigenvalue weighted by Crippen LogP contribution is 2.19. The van der Waals surface area contributed by atoms with E-state index in [1.54, 1.807) is 23.5 Å². The first-order valence-corrected chi connectivity index (χ1v) is 7.47. The van der Waals surface area contributed by atoms with E-state index in [-0.39, 0.29) is 5.97 Å². The molecule has 0 saturated carbocycles. The van der Waals surface area contributed by atoms with Crippen molar-refractivity contribution >= 4 is 33.2 Å². The van der Waals surface area contributed by atoms with E-state index in [2.05, 4.69) is 37.4 Å². The molecule has 0 amide bonds. The first-order chi connectivity index (χ1) is 9.19. The summed E-state index contributed by atoms with van der Waals surface area (Å²) in [6, 6.07) is 9.54. The molecule has 0 aliphatic carbocycles. The molecule has 0 unspecified atom stereocenters. The summed E-state index contributed by atoms with van der Waals surface area (Å²) < 4.78 is 5.78. The number of ether oxygens (including phenoxy) is 1.